The molecule has 2 N–H and O–H groups in total. The molecule has 1 saturated carbocycles. The molecule has 4 nitrogen and oxygen atoms in total. The largest absolute Gasteiger partial charge is 0.342 e. The summed E-state index contributed by atoms with van der Waals surface area (Å²) in [7, 11) is 0. The van der Waals surface area contributed by atoms with Gasteiger partial charge in [0.25, 0.3) is 0 Å². The first-order valence-corrected chi connectivity index (χ1v) is 8.98. The number of rotatable bonds is 4. The maximum Gasteiger partial charge on any atom is 0.222 e. The van der Waals surface area contributed by atoms with Crippen LogP contribution in [0.15, 0.2) is 0 Å². The lowest BCUT2D eigenvalue weighted by Crippen LogP contribution is -2.37. The summed E-state index contributed by atoms with van der Waals surface area (Å²) in [6.45, 7) is 5.69. The predicted octanol–water partition coefficient (Wildman–Crippen LogP) is 1.84. The number of amides is 1. The van der Waals surface area contributed by atoms with E-state index in [1.165, 1.54) is 51.7 Å². The Morgan fingerprint density at radius 1 is 1.00 bits per heavy atom. The minimum Gasteiger partial charge on any atom is -0.342 e. The molecule has 3 aliphatic rings. The summed E-state index contributed by atoms with van der Waals surface area (Å²) in [5.74, 6) is 1.50. The molecule has 3 rings (SSSR count). The van der Waals surface area contributed by atoms with Gasteiger partial charge >= 0.3 is 0 Å². The van der Waals surface area contributed by atoms with E-state index < -0.39 is 0 Å². The quantitative estimate of drug-likeness (QED) is 0.860. The van der Waals surface area contributed by atoms with E-state index in [0.717, 1.165) is 25.9 Å². The monoisotopic (exact) mass is 293 g/mol. The first kappa shape index (κ1) is 15.3. The minimum absolute atomic E-state index is 0.265. The number of nitrogens with two attached hydrogens (primary N) is 1. The van der Waals surface area contributed by atoms with Crippen LogP contribution in [0.25, 0.3) is 0 Å². The molecule has 2 heterocycles. The normalized spacial score (nSPS) is 34.5. The van der Waals surface area contributed by atoms with Gasteiger partial charge in [-0.05, 0) is 57.0 Å². The van der Waals surface area contributed by atoms with Gasteiger partial charge in [-0.1, -0.05) is 12.8 Å². The number of piperidine rings is 1. The zero-order valence-electron chi connectivity index (χ0n) is 13.3. The molecule has 0 aromatic heterocycles. The van der Waals surface area contributed by atoms with Crippen LogP contribution in [0.1, 0.15) is 51.4 Å². The predicted molar refractivity (Wildman–Crippen MR) is 84.9 cm³/mol. The van der Waals surface area contributed by atoms with E-state index in [1.807, 2.05) is 0 Å². The highest BCUT2D eigenvalue weighted by Crippen LogP contribution is 2.28. The Bertz CT molecular complexity index is 354. The molecule has 1 aliphatic carbocycles. The first-order valence-electron chi connectivity index (χ1n) is 8.98. The average molecular weight is 293 g/mol. The standard InChI is InChI=1S/C17H31N3O/c18-16-6-4-5-15(16)11-17(21)20-10-7-14(13-20)12-19-8-2-1-3-9-19/h14-16H,1-13,18H2/t14?,15-,16+/m0/s1. The number of hydrogen-bond donors (Lipinski definition) is 1. The zero-order chi connectivity index (χ0) is 14.7. The van der Waals surface area contributed by atoms with Gasteiger partial charge in [0.05, 0.1) is 0 Å². The Labute approximate surface area is 129 Å². The Hall–Kier alpha value is -0.610. The lowest BCUT2D eigenvalue weighted by Gasteiger charge is -2.29. The first-order chi connectivity index (χ1) is 10.2. The van der Waals surface area contributed by atoms with Crippen LogP contribution in [-0.2, 0) is 4.79 Å². The van der Waals surface area contributed by atoms with Crippen LogP contribution in [0.2, 0.25) is 0 Å². The van der Waals surface area contributed by atoms with Crippen molar-refractivity contribution in [3.05, 3.63) is 0 Å². The number of carbonyl (C=O) groups is 1. The Balaban J connectivity index is 1.42. The fourth-order valence-corrected chi connectivity index (χ4v) is 4.39. The summed E-state index contributed by atoms with van der Waals surface area (Å²) in [4.78, 5) is 17.2. The van der Waals surface area contributed by atoms with E-state index in [0.29, 0.717) is 24.2 Å². The molecule has 2 aliphatic heterocycles. The molecule has 120 valence electrons. The summed E-state index contributed by atoms with van der Waals surface area (Å²) in [5, 5.41) is 0. The van der Waals surface area contributed by atoms with Crippen molar-refractivity contribution in [2.24, 2.45) is 17.6 Å². The van der Waals surface area contributed by atoms with Crippen LogP contribution < -0.4 is 5.73 Å². The molecule has 3 fully saturated rings. The fourth-order valence-electron chi connectivity index (χ4n) is 4.39. The molecule has 1 unspecified atom stereocenters. The van der Waals surface area contributed by atoms with Crippen LogP contribution in [0.4, 0.5) is 0 Å². The van der Waals surface area contributed by atoms with Crippen molar-refractivity contribution >= 4 is 5.91 Å². The second-order valence-electron chi connectivity index (χ2n) is 7.41. The second-order valence-corrected chi connectivity index (χ2v) is 7.41. The second kappa shape index (κ2) is 7.10. The van der Waals surface area contributed by atoms with Gasteiger partial charge in [-0.15, -0.1) is 0 Å². The summed E-state index contributed by atoms with van der Waals surface area (Å²) >= 11 is 0. The van der Waals surface area contributed by atoms with Gasteiger partial charge in [-0.2, -0.15) is 0 Å². The molecule has 0 aromatic carbocycles. The van der Waals surface area contributed by atoms with Gasteiger partial charge in [0.2, 0.25) is 5.91 Å². The fraction of sp³-hybridized carbons (Fsp3) is 0.941. The summed E-state index contributed by atoms with van der Waals surface area (Å²) in [6.07, 6.45) is 9.46. The molecule has 0 spiro atoms. The van der Waals surface area contributed by atoms with E-state index in [1.54, 1.807) is 0 Å². The highest BCUT2D eigenvalue weighted by atomic mass is 16.2. The molecule has 4 heteroatoms. The van der Waals surface area contributed by atoms with E-state index in [9.17, 15) is 4.79 Å². The smallest absolute Gasteiger partial charge is 0.222 e. The highest BCUT2D eigenvalue weighted by molar-refractivity contribution is 5.76. The van der Waals surface area contributed by atoms with Crippen LogP contribution in [0.5, 0.6) is 0 Å². The zero-order valence-corrected chi connectivity index (χ0v) is 13.3. The van der Waals surface area contributed by atoms with Crippen molar-refractivity contribution in [3.8, 4) is 0 Å². The topological polar surface area (TPSA) is 49.6 Å². The van der Waals surface area contributed by atoms with Crippen LogP contribution in [0, 0.1) is 11.8 Å². The third-order valence-corrected chi connectivity index (χ3v) is 5.76. The lowest BCUT2D eigenvalue weighted by molar-refractivity contribution is -0.131. The van der Waals surface area contributed by atoms with Gasteiger partial charge in [-0.25, -0.2) is 0 Å². The van der Waals surface area contributed by atoms with Gasteiger partial charge in [0, 0.05) is 32.1 Å². The van der Waals surface area contributed by atoms with Gasteiger partial charge in [0.15, 0.2) is 0 Å². The molecule has 3 atom stereocenters. The molecule has 1 amide bonds. The van der Waals surface area contributed by atoms with Crippen molar-refractivity contribution in [2.45, 2.75) is 57.4 Å². The van der Waals surface area contributed by atoms with Crippen LogP contribution in [-0.4, -0.2) is 54.5 Å². The number of hydrogen-bond acceptors (Lipinski definition) is 3. The Kier molecular flexibility index (Phi) is 5.17. The van der Waals surface area contributed by atoms with Gasteiger partial charge in [-0.3, -0.25) is 4.79 Å². The maximum atomic E-state index is 12.4. The maximum absolute atomic E-state index is 12.4. The van der Waals surface area contributed by atoms with Gasteiger partial charge < -0.3 is 15.5 Å². The third-order valence-electron chi connectivity index (χ3n) is 5.76. The lowest BCUT2D eigenvalue weighted by atomic mass is 9.99. The van der Waals surface area contributed by atoms with E-state index in [4.69, 9.17) is 5.73 Å². The summed E-state index contributed by atoms with van der Waals surface area (Å²) in [5.41, 5.74) is 6.10. The SMILES string of the molecule is N[C@@H]1CCC[C@H]1CC(=O)N1CCC(CN2CCCCC2)C1. The Morgan fingerprint density at radius 3 is 2.52 bits per heavy atom. The minimum atomic E-state index is 0.265. The summed E-state index contributed by atoms with van der Waals surface area (Å²) in [6, 6.07) is 0.265. The molecular weight excluding hydrogens is 262 g/mol. The summed E-state index contributed by atoms with van der Waals surface area (Å²) < 4.78 is 0. The van der Waals surface area contributed by atoms with E-state index in [-0.39, 0.29) is 6.04 Å². The average Bonchev–Trinajstić information content (AvgIpc) is 3.10. The van der Waals surface area contributed by atoms with Crippen molar-refractivity contribution in [3.63, 3.8) is 0 Å². The Morgan fingerprint density at radius 2 is 1.81 bits per heavy atom. The molecule has 0 aromatic rings. The van der Waals surface area contributed by atoms with E-state index >= 15 is 0 Å². The molecule has 0 radical (unpaired) electrons. The van der Waals surface area contributed by atoms with Crippen molar-refractivity contribution in [1.29, 1.82) is 0 Å². The number of likely N-dealkylation sites (tertiary alicyclic amines) is 2. The van der Waals surface area contributed by atoms with E-state index in [2.05, 4.69) is 9.80 Å². The number of nitrogens with zero attached hydrogens (tertiary/aromatic N) is 2. The molecular formula is C17H31N3O. The molecule has 0 bridgehead atoms. The van der Waals surface area contributed by atoms with Gasteiger partial charge in [0.1, 0.15) is 0 Å². The third kappa shape index (κ3) is 3.98. The molecule has 21 heavy (non-hydrogen) atoms. The van der Waals surface area contributed by atoms with Crippen molar-refractivity contribution in [1.82, 2.24) is 9.80 Å². The highest BCUT2D eigenvalue weighted by Gasteiger charge is 2.32. The van der Waals surface area contributed by atoms with Crippen molar-refractivity contribution in [2.75, 3.05) is 32.7 Å². The van der Waals surface area contributed by atoms with Crippen molar-refractivity contribution < 1.29 is 4.79 Å². The number of carbonyl (C=O) groups excluding carboxylic acids is 1. The van der Waals surface area contributed by atoms with Crippen LogP contribution >= 0.6 is 0 Å². The van der Waals surface area contributed by atoms with Crippen LogP contribution in [0.3, 0.4) is 0 Å². The molecule has 2 saturated heterocycles.